The molecule has 2 atom stereocenters. The Kier molecular flexibility index (Phi) is 9.17. The van der Waals surface area contributed by atoms with Gasteiger partial charge in [-0.3, -0.25) is 14.3 Å². The molecule has 0 spiro atoms. The highest BCUT2D eigenvalue weighted by Gasteiger charge is 2.35. The van der Waals surface area contributed by atoms with Crippen LogP contribution in [0.15, 0.2) is 77.5 Å². The lowest BCUT2D eigenvalue weighted by molar-refractivity contribution is -0.139. The van der Waals surface area contributed by atoms with Crippen LogP contribution in [0.2, 0.25) is 0 Å². The van der Waals surface area contributed by atoms with E-state index in [9.17, 15) is 9.59 Å². The summed E-state index contributed by atoms with van der Waals surface area (Å²) in [6.45, 7) is 2.42. The molecule has 0 saturated carbocycles. The van der Waals surface area contributed by atoms with Gasteiger partial charge in [0.05, 0.1) is 0 Å². The lowest BCUT2D eigenvalue weighted by Crippen LogP contribution is -2.49. The fourth-order valence-corrected chi connectivity index (χ4v) is 4.99. The molecule has 7 nitrogen and oxygen atoms in total. The number of hydrogen-bond acceptors (Lipinski definition) is 4. The standard InChI is InChI=1S/C28H33BrN4O3/c1-31(20-22-8-3-2-4-9-22)28(35)18-23-21-32(27(34)12-6-15-33-16-7-14-30-33)17-13-26(23)36-25-11-5-10-24(29)19-25/h2-5,7-11,14,16,19,23,26H,6,12-13,15,17-18,20-21H2,1H3/t23-,26-/m0/s1. The van der Waals surface area contributed by atoms with E-state index in [-0.39, 0.29) is 23.8 Å². The van der Waals surface area contributed by atoms with Gasteiger partial charge >= 0.3 is 0 Å². The molecule has 0 N–H and O–H groups in total. The molecule has 190 valence electrons. The summed E-state index contributed by atoms with van der Waals surface area (Å²) in [6.07, 6.45) is 5.74. The molecule has 1 fully saturated rings. The molecular formula is C28H33BrN4O3. The number of rotatable bonds is 10. The van der Waals surface area contributed by atoms with Crippen molar-refractivity contribution in [2.75, 3.05) is 20.1 Å². The predicted octanol–water partition coefficient (Wildman–Crippen LogP) is 4.77. The van der Waals surface area contributed by atoms with Crippen LogP contribution in [0.1, 0.15) is 31.2 Å². The van der Waals surface area contributed by atoms with E-state index in [4.69, 9.17) is 4.74 Å². The van der Waals surface area contributed by atoms with Crippen LogP contribution in [0.4, 0.5) is 0 Å². The van der Waals surface area contributed by atoms with Gasteiger partial charge in [-0.1, -0.05) is 52.3 Å². The van der Waals surface area contributed by atoms with E-state index in [1.54, 1.807) is 11.1 Å². The first-order valence-corrected chi connectivity index (χ1v) is 13.2. The van der Waals surface area contributed by atoms with Crippen LogP contribution in [0.3, 0.4) is 0 Å². The molecule has 0 unspecified atom stereocenters. The fourth-order valence-electron chi connectivity index (χ4n) is 4.61. The molecule has 1 aliphatic rings. The third-order valence-electron chi connectivity index (χ3n) is 6.56. The zero-order valence-corrected chi connectivity index (χ0v) is 22.2. The molecule has 1 saturated heterocycles. The highest BCUT2D eigenvalue weighted by molar-refractivity contribution is 9.10. The van der Waals surface area contributed by atoms with Gasteiger partial charge in [0.25, 0.3) is 0 Å². The van der Waals surface area contributed by atoms with Gasteiger partial charge in [0.1, 0.15) is 11.9 Å². The first kappa shape index (κ1) is 25.9. The average molecular weight is 554 g/mol. The third-order valence-corrected chi connectivity index (χ3v) is 7.06. The molecule has 1 aliphatic heterocycles. The van der Waals surface area contributed by atoms with Crippen molar-refractivity contribution in [3.63, 3.8) is 0 Å². The van der Waals surface area contributed by atoms with E-state index in [1.807, 2.05) is 83.5 Å². The Morgan fingerprint density at radius 2 is 1.97 bits per heavy atom. The zero-order chi connectivity index (χ0) is 25.3. The van der Waals surface area contributed by atoms with Gasteiger partial charge in [0.15, 0.2) is 0 Å². The number of amides is 2. The highest BCUT2D eigenvalue weighted by Crippen LogP contribution is 2.28. The van der Waals surface area contributed by atoms with E-state index in [2.05, 4.69) is 21.0 Å². The number of ether oxygens (including phenoxy) is 1. The summed E-state index contributed by atoms with van der Waals surface area (Å²) in [7, 11) is 1.83. The second-order valence-corrected chi connectivity index (χ2v) is 10.2. The van der Waals surface area contributed by atoms with Gasteiger partial charge in [-0.2, -0.15) is 5.10 Å². The van der Waals surface area contributed by atoms with Crippen LogP contribution in [-0.2, 0) is 22.7 Å². The summed E-state index contributed by atoms with van der Waals surface area (Å²) in [5, 5.41) is 4.20. The van der Waals surface area contributed by atoms with Crippen molar-refractivity contribution in [3.8, 4) is 5.75 Å². The molecule has 0 radical (unpaired) electrons. The second kappa shape index (κ2) is 12.7. The Hall–Kier alpha value is -3.13. The summed E-state index contributed by atoms with van der Waals surface area (Å²) in [5.41, 5.74) is 1.09. The number of piperidine rings is 1. The Morgan fingerprint density at radius 1 is 1.14 bits per heavy atom. The van der Waals surface area contributed by atoms with Crippen molar-refractivity contribution in [2.45, 2.75) is 44.9 Å². The summed E-state index contributed by atoms with van der Waals surface area (Å²) in [6, 6.07) is 19.6. The minimum absolute atomic E-state index is 0.0553. The van der Waals surface area contributed by atoms with E-state index < -0.39 is 0 Å². The van der Waals surface area contributed by atoms with Crippen LogP contribution in [0.25, 0.3) is 0 Å². The van der Waals surface area contributed by atoms with Gasteiger partial charge < -0.3 is 14.5 Å². The summed E-state index contributed by atoms with van der Waals surface area (Å²) in [5.74, 6) is 0.861. The molecule has 2 amide bonds. The molecule has 2 heterocycles. The third kappa shape index (κ3) is 7.43. The molecule has 8 heteroatoms. The van der Waals surface area contributed by atoms with Crippen LogP contribution in [0, 0.1) is 5.92 Å². The summed E-state index contributed by atoms with van der Waals surface area (Å²) < 4.78 is 9.14. The van der Waals surface area contributed by atoms with Gasteiger partial charge in [-0.05, 0) is 36.2 Å². The fraction of sp³-hybridized carbons (Fsp3) is 0.393. The van der Waals surface area contributed by atoms with Crippen molar-refractivity contribution in [1.82, 2.24) is 19.6 Å². The zero-order valence-electron chi connectivity index (χ0n) is 20.6. The first-order chi connectivity index (χ1) is 17.5. The topological polar surface area (TPSA) is 67.7 Å². The number of carbonyl (C=O) groups is 2. The summed E-state index contributed by atoms with van der Waals surface area (Å²) >= 11 is 3.50. The van der Waals surface area contributed by atoms with Crippen LogP contribution >= 0.6 is 15.9 Å². The lowest BCUT2D eigenvalue weighted by Gasteiger charge is -2.39. The average Bonchev–Trinajstić information content (AvgIpc) is 3.39. The lowest BCUT2D eigenvalue weighted by atomic mass is 9.90. The number of likely N-dealkylation sites (tertiary alicyclic amines) is 1. The first-order valence-electron chi connectivity index (χ1n) is 12.4. The number of benzene rings is 2. The van der Waals surface area contributed by atoms with Gasteiger partial charge in [0.2, 0.25) is 11.8 Å². The largest absolute Gasteiger partial charge is 0.490 e. The smallest absolute Gasteiger partial charge is 0.223 e. The maximum absolute atomic E-state index is 13.2. The van der Waals surface area contributed by atoms with Crippen molar-refractivity contribution in [2.24, 2.45) is 5.92 Å². The Bertz CT molecular complexity index is 1120. The monoisotopic (exact) mass is 552 g/mol. The SMILES string of the molecule is CN(Cc1ccccc1)C(=O)C[C@H]1CN(C(=O)CCCn2cccn2)CC[C@@H]1Oc1cccc(Br)c1. The van der Waals surface area contributed by atoms with E-state index in [0.717, 1.165) is 22.2 Å². The molecule has 0 aliphatic carbocycles. The molecule has 36 heavy (non-hydrogen) atoms. The van der Waals surface area contributed by atoms with Gasteiger partial charge in [0, 0.05) is 75.3 Å². The van der Waals surface area contributed by atoms with Gasteiger partial charge in [-0.25, -0.2) is 0 Å². The Labute approximate surface area is 221 Å². The van der Waals surface area contributed by atoms with Crippen LogP contribution < -0.4 is 4.74 Å². The maximum Gasteiger partial charge on any atom is 0.223 e. The molecule has 0 bridgehead atoms. The highest BCUT2D eigenvalue weighted by atomic mass is 79.9. The maximum atomic E-state index is 13.2. The Morgan fingerprint density at radius 3 is 2.72 bits per heavy atom. The van der Waals surface area contributed by atoms with Crippen molar-refractivity contribution < 1.29 is 14.3 Å². The number of aryl methyl sites for hydroxylation is 1. The van der Waals surface area contributed by atoms with E-state index in [0.29, 0.717) is 45.4 Å². The second-order valence-electron chi connectivity index (χ2n) is 9.31. The number of aromatic nitrogens is 2. The number of nitrogens with zero attached hydrogens (tertiary/aromatic N) is 4. The van der Waals surface area contributed by atoms with Crippen molar-refractivity contribution in [3.05, 3.63) is 83.1 Å². The normalized spacial score (nSPS) is 17.6. The van der Waals surface area contributed by atoms with Gasteiger partial charge in [-0.15, -0.1) is 0 Å². The predicted molar refractivity (Wildman–Crippen MR) is 142 cm³/mol. The van der Waals surface area contributed by atoms with Crippen molar-refractivity contribution >= 4 is 27.7 Å². The van der Waals surface area contributed by atoms with Crippen LogP contribution in [0.5, 0.6) is 5.75 Å². The molecule has 3 aromatic rings. The molecule has 2 aromatic carbocycles. The number of hydrogen-bond donors (Lipinski definition) is 0. The quantitative estimate of drug-likeness (QED) is 0.363. The van der Waals surface area contributed by atoms with Crippen LogP contribution in [-0.4, -0.2) is 57.6 Å². The van der Waals surface area contributed by atoms with Crippen molar-refractivity contribution in [1.29, 1.82) is 0 Å². The molecule has 1 aromatic heterocycles. The number of carbonyl (C=O) groups excluding carboxylic acids is 2. The van der Waals surface area contributed by atoms with E-state index in [1.165, 1.54) is 0 Å². The molecule has 4 rings (SSSR count). The minimum Gasteiger partial charge on any atom is -0.490 e. The minimum atomic E-state index is -0.138. The number of halogens is 1. The molecular weight excluding hydrogens is 520 g/mol. The Balaban J connectivity index is 1.39. The van der Waals surface area contributed by atoms with E-state index >= 15 is 0 Å². The summed E-state index contributed by atoms with van der Waals surface area (Å²) in [4.78, 5) is 29.9.